The van der Waals surface area contributed by atoms with Gasteiger partial charge in [-0.25, -0.2) is 13.1 Å². The van der Waals surface area contributed by atoms with Crippen LogP contribution in [-0.2, 0) is 10.0 Å². The van der Waals surface area contributed by atoms with E-state index < -0.39 is 10.0 Å². The molecule has 0 aromatic heterocycles. The number of nitrogens with one attached hydrogen (secondary N) is 1. The third-order valence-electron chi connectivity index (χ3n) is 1.84. The molecule has 3 N–H and O–H groups in total. The van der Waals surface area contributed by atoms with E-state index in [1.807, 2.05) is 0 Å². The Kier molecular flexibility index (Phi) is 2.58. The second-order valence-electron chi connectivity index (χ2n) is 2.69. The summed E-state index contributed by atoms with van der Waals surface area (Å²) in [6.45, 7) is 1.77. The van der Waals surface area contributed by atoms with Crippen molar-refractivity contribution in [2.45, 2.75) is 11.8 Å². The van der Waals surface area contributed by atoms with E-state index in [0.29, 0.717) is 5.69 Å². The van der Waals surface area contributed by atoms with Crippen molar-refractivity contribution in [3.05, 3.63) is 23.8 Å². The lowest BCUT2D eigenvalue weighted by molar-refractivity contribution is 0.588. The molecule has 0 saturated heterocycles. The molecule has 0 amide bonds. The van der Waals surface area contributed by atoms with Crippen LogP contribution in [0.4, 0.5) is 5.69 Å². The lowest BCUT2D eigenvalue weighted by Crippen LogP contribution is -2.20. The summed E-state index contributed by atoms with van der Waals surface area (Å²) >= 11 is 0. The molecule has 0 aliphatic carbocycles. The van der Waals surface area contributed by atoms with Crippen molar-refractivity contribution in [2.24, 2.45) is 0 Å². The predicted molar refractivity (Wildman–Crippen MR) is 51.8 cm³/mol. The van der Waals surface area contributed by atoms with Gasteiger partial charge < -0.3 is 5.73 Å². The summed E-state index contributed by atoms with van der Waals surface area (Å²) < 4.78 is 25.0. The van der Waals surface area contributed by atoms with Gasteiger partial charge in [-0.2, -0.15) is 0 Å². The zero-order valence-corrected chi connectivity index (χ0v) is 8.35. The highest BCUT2D eigenvalue weighted by atomic mass is 32.2. The van der Waals surface area contributed by atoms with Crippen LogP contribution in [0.2, 0.25) is 0 Å². The number of sulfonamides is 1. The second-order valence-corrected chi connectivity index (χ2v) is 4.55. The maximum Gasteiger partial charge on any atom is 0.242 e. The van der Waals surface area contributed by atoms with Crippen LogP contribution in [-0.4, -0.2) is 15.5 Å². The maximum absolute atomic E-state index is 11.4. The number of hydrogen-bond donors (Lipinski definition) is 2. The lowest BCUT2D eigenvalue weighted by Gasteiger charge is -2.07. The topological polar surface area (TPSA) is 72.2 Å². The number of aryl methyl sites for hydroxylation is 1. The maximum atomic E-state index is 11.4. The van der Waals surface area contributed by atoms with E-state index >= 15 is 0 Å². The Hall–Kier alpha value is -1.07. The van der Waals surface area contributed by atoms with Crippen LogP contribution in [0.3, 0.4) is 0 Å². The van der Waals surface area contributed by atoms with Crippen LogP contribution >= 0.6 is 0 Å². The summed E-state index contributed by atoms with van der Waals surface area (Å²) in [5, 5.41) is 0. The number of anilines is 1. The van der Waals surface area contributed by atoms with Gasteiger partial charge >= 0.3 is 0 Å². The average molecular weight is 200 g/mol. The first-order valence-corrected chi connectivity index (χ1v) is 5.26. The van der Waals surface area contributed by atoms with Gasteiger partial charge in [0.25, 0.3) is 0 Å². The summed E-state index contributed by atoms with van der Waals surface area (Å²) in [5.41, 5.74) is 6.69. The molecule has 0 radical (unpaired) electrons. The smallest absolute Gasteiger partial charge is 0.242 e. The molecule has 72 valence electrons. The van der Waals surface area contributed by atoms with Crippen LogP contribution in [0.1, 0.15) is 5.56 Å². The van der Waals surface area contributed by atoms with Crippen molar-refractivity contribution in [2.75, 3.05) is 12.8 Å². The standard InChI is InChI=1S/C8H12N2O2S/c1-6-4-3-5-7(8(6)9)13(11,12)10-2/h3-5,10H,9H2,1-2H3. The van der Waals surface area contributed by atoms with Crippen LogP contribution < -0.4 is 10.5 Å². The highest BCUT2D eigenvalue weighted by molar-refractivity contribution is 7.89. The molecule has 0 heterocycles. The Morgan fingerprint density at radius 3 is 2.54 bits per heavy atom. The molecule has 0 saturated carbocycles. The number of nitrogens with two attached hydrogens (primary N) is 1. The molecule has 0 aliphatic rings. The first-order valence-electron chi connectivity index (χ1n) is 3.77. The molecular formula is C8H12N2O2S. The summed E-state index contributed by atoms with van der Waals surface area (Å²) in [6, 6.07) is 4.91. The van der Waals surface area contributed by atoms with Gasteiger partial charge in [0.2, 0.25) is 10.0 Å². The van der Waals surface area contributed by atoms with E-state index in [-0.39, 0.29) is 4.90 Å². The molecule has 5 heteroatoms. The highest BCUT2D eigenvalue weighted by Gasteiger charge is 2.15. The first-order chi connectivity index (χ1) is 5.99. The molecule has 1 aromatic carbocycles. The van der Waals surface area contributed by atoms with Gasteiger partial charge in [0.05, 0.1) is 5.69 Å². The van der Waals surface area contributed by atoms with Gasteiger partial charge in [0, 0.05) is 0 Å². The minimum absolute atomic E-state index is 0.134. The van der Waals surface area contributed by atoms with Gasteiger partial charge in [-0.1, -0.05) is 12.1 Å². The zero-order chi connectivity index (χ0) is 10.1. The largest absolute Gasteiger partial charge is 0.397 e. The quantitative estimate of drug-likeness (QED) is 0.682. The average Bonchev–Trinajstić information content (AvgIpc) is 2.09. The van der Waals surface area contributed by atoms with Crippen LogP contribution in [0.25, 0.3) is 0 Å². The van der Waals surface area contributed by atoms with Crippen molar-refractivity contribution in [3.63, 3.8) is 0 Å². The predicted octanol–water partition coefficient (Wildman–Crippen LogP) is 0.485. The van der Waals surface area contributed by atoms with Gasteiger partial charge in [-0.05, 0) is 25.6 Å². The molecule has 4 nitrogen and oxygen atoms in total. The van der Waals surface area contributed by atoms with E-state index in [4.69, 9.17) is 5.73 Å². The minimum Gasteiger partial charge on any atom is -0.397 e. The molecule has 0 atom stereocenters. The Morgan fingerprint density at radius 1 is 1.38 bits per heavy atom. The molecule has 0 unspecified atom stereocenters. The third-order valence-corrected chi connectivity index (χ3v) is 3.31. The number of para-hydroxylation sites is 1. The summed E-state index contributed by atoms with van der Waals surface area (Å²) in [4.78, 5) is 0.134. The van der Waals surface area contributed by atoms with Gasteiger partial charge in [-0.3, -0.25) is 0 Å². The number of rotatable bonds is 2. The van der Waals surface area contributed by atoms with Crippen LogP contribution in [0.15, 0.2) is 23.1 Å². The van der Waals surface area contributed by atoms with E-state index in [2.05, 4.69) is 4.72 Å². The van der Waals surface area contributed by atoms with E-state index in [9.17, 15) is 8.42 Å². The van der Waals surface area contributed by atoms with Gasteiger partial charge in [-0.15, -0.1) is 0 Å². The number of nitrogen functional groups attached to an aromatic ring is 1. The molecule has 13 heavy (non-hydrogen) atoms. The second kappa shape index (κ2) is 3.35. The van der Waals surface area contributed by atoms with E-state index in [1.54, 1.807) is 19.1 Å². The Labute approximate surface area is 77.8 Å². The number of hydrogen-bond acceptors (Lipinski definition) is 3. The molecule has 1 aromatic rings. The molecular weight excluding hydrogens is 188 g/mol. The van der Waals surface area contributed by atoms with Crippen LogP contribution in [0.5, 0.6) is 0 Å². The minimum atomic E-state index is -3.43. The monoisotopic (exact) mass is 200 g/mol. The van der Waals surface area contributed by atoms with E-state index in [0.717, 1.165) is 5.56 Å². The molecule has 1 rings (SSSR count). The van der Waals surface area contributed by atoms with Crippen molar-refractivity contribution in [1.82, 2.24) is 4.72 Å². The van der Waals surface area contributed by atoms with Gasteiger partial charge in [0.1, 0.15) is 4.90 Å². The number of benzene rings is 1. The molecule has 0 aliphatic heterocycles. The van der Waals surface area contributed by atoms with Crippen molar-refractivity contribution in [3.8, 4) is 0 Å². The van der Waals surface area contributed by atoms with Crippen molar-refractivity contribution < 1.29 is 8.42 Å². The summed E-state index contributed by atoms with van der Waals surface area (Å²) in [5.74, 6) is 0. The van der Waals surface area contributed by atoms with Crippen molar-refractivity contribution in [1.29, 1.82) is 0 Å². The Balaban J connectivity index is 3.40. The third kappa shape index (κ3) is 1.81. The first kappa shape index (κ1) is 10.0. The summed E-state index contributed by atoms with van der Waals surface area (Å²) in [7, 11) is -2.07. The molecule has 0 bridgehead atoms. The Morgan fingerprint density at radius 2 is 2.00 bits per heavy atom. The van der Waals surface area contributed by atoms with Gasteiger partial charge in [0.15, 0.2) is 0 Å². The normalized spacial score (nSPS) is 11.5. The summed E-state index contributed by atoms with van der Waals surface area (Å²) in [6.07, 6.45) is 0. The highest BCUT2D eigenvalue weighted by Crippen LogP contribution is 2.20. The molecule has 0 spiro atoms. The fourth-order valence-corrected chi connectivity index (χ4v) is 1.93. The lowest BCUT2D eigenvalue weighted by atomic mass is 10.2. The SMILES string of the molecule is CNS(=O)(=O)c1cccc(C)c1N. The zero-order valence-electron chi connectivity index (χ0n) is 7.53. The Bertz CT molecular complexity index is 412. The van der Waals surface area contributed by atoms with E-state index in [1.165, 1.54) is 13.1 Å². The van der Waals surface area contributed by atoms with Crippen molar-refractivity contribution >= 4 is 15.7 Å². The fraction of sp³-hybridized carbons (Fsp3) is 0.250. The van der Waals surface area contributed by atoms with Crippen LogP contribution in [0, 0.1) is 6.92 Å². The molecule has 0 fully saturated rings. The fourth-order valence-electron chi connectivity index (χ4n) is 0.998.